The summed E-state index contributed by atoms with van der Waals surface area (Å²) in [7, 11) is 1.73. The van der Waals surface area contributed by atoms with Gasteiger partial charge in [-0.2, -0.15) is 0 Å². The third-order valence-corrected chi connectivity index (χ3v) is 8.11. The number of carbonyl (C=O) groups excluding carboxylic acids is 2. The van der Waals surface area contributed by atoms with Crippen molar-refractivity contribution >= 4 is 23.2 Å². The first-order valence-corrected chi connectivity index (χ1v) is 15.6. The molecule has 3 N–H and O–H groups in total. The smallest absolute Gasteiger partial charge is 0.253 e. The second kappa shape index (κ2) is 15.6. The Morgan fingerprint density at radius 1 is 0.907 bits per heavy atom. The molecule has 0 aliphatic carbocycles. The lowest BCUT2D eigenvalue weighted by molar-refractivity contribution is 0.0784. The molecule has 0 saturated carbocycles. The number of hydrogen-bond acceptors (Lipinski definition) is 6. The largest absolute Gasteiger partial charge is 0.390 e. The lowest BCUT2D eigenvalue weighted by Gasteiger charge is -2.25. The molecular formula is C35H42N4O3S. The summed E-state index contributed by atoms with van der Waals surface area (Å²) in [5.74, 6) is 0.0548. The predicted molar refractivity (Wildman–Crippen MR) is 173 cm³/mol. The van der Waals surface area contributed by atoms with E-state index in [1.165, 1.54) is 16.9 Å². The maximum atomic E-state index is 13.4. The summed E-state index contributed by atoms with van der Waals surface area (Å²) in [6, 6.07) is 24.5. The van der Waals surface area contributed by atoms with Crippen LogP contribution in [0.4, 0.5) is 0 Å². The lowest BCUT2D eigenvalue weighted by Crippen LogP contribution is -2.48. The fourth-order valence-electron chi connectivity index (χ4n) is 5.01. The van der Waals surface area contributed by atoms with Crippen molar-refractivity contribution < 1.29 is 14.7 Å². The van der Waals surface area contributed by atoms with Gasteiger partial charge < -0.3 is 20.6 Å². The van der Waals surface area contributed by atoms with Crippen molar-refractivity contribution in [2.24, 2.45) is 5.92 Å². The number of aryl methyl sites for hydroxylation is 1. The van der Waals surface area contributed by atoms with E-state index in [-0.39, 0.29) is 11.8 Å². The molecule has 4 aromatic rings. The first-order valence-electron chi connectivity index (χ1n) is 14.8. The number of aliphatic hydroxyl groups is 1. The average Bonchev–Trinajstić information content (AvgIpc) is 3.40. The van der Waals surface area contributed by atoms with Crippen LogP contribution in [0.25, 0.3) is 0 Å². The van der Waals surface area contributed by atoms with Crippen LogP contribution in [0, 0.1) is 12.8 Å². The summed E-state index contributed by atoms with van der Waals surface area (Å²) in [6.07, 6.45) is 0.658. The zero-order valence-corrected chi connectivity index (χ0v) is 26.2. The van der Waals surface area contributed by atoms with E-state index in [1.807, 2.05) is 42.6 Å². The Hall–Kier alpha value is -3.85. The van der Waals surface area contributed by atoms with Gasteiger partial charge in [-0.05, 0) is 60.6 Å². The molecule has 0 bridgehead atoms. The summed E-state index contributed by atoms with van der Waals surface area (Å²) >= 11 is 1.52. The first-order chi connectivity index (χ1) is 20.7. The van der Waals surface area contributed by atoms with Crippen LogP contribution in [-0.2, 0) is 25.9 Å². The van der Waals surface area contributed by atoms with E-state index in [2.05, 4.69) is 53.7 Å². The first kappa shape index (κ1) is 32.1. The molecule has 0 radical (unpaired) electrons. The van der Waals surface area contributed by atoms with Crippen molar-refractivity contribution in [3.05, 3.63) is 123 Å². The van der Waals surface area contributed by atoms with E-state index in [0.29, 0.717) is 43.1 Å². The van der Waals surface area contributed by atoms with Gasteiger partial charge in [-0.15, -0.1) is 11.3 Å². The highest BCUT2D eigenvalue weighted by atomic mass is 32.1. The monoisotopic (exact) mass is 598 g/mol. The Kier molecular flexibility index (Phi) is 11.6. The highest BCUT2D eigenvalue weighted by Crippen LogP contribution is 2.15. The quantitative estimate of drug-likeness (QED) is 0.180. The second-order valence-corrected chi connectivity index (χ2v) is 12.5. The molecule has 1 aromatic heterocycles. The van der Waals surface area contributed by atoms with Gasteiger partial charge in [0.05, 0.1) is 18.7 Å². The van der Waals surface area contributed by atoms with Crippen LogP contribution in [0.1, 0.15) is 62.0 Å². The Balaban J connectivity index is 1.41. The molecule has 7 nitrogen and oxygen atoms in total. The van der Waals surface area contributed by atoms with E-state index in [4.69, 9.17) is 0 Å². The van der Waals surface area contributed by atoms with Crippen LogP contribution in [0.5, 0.6) is 0 Å². The third kappa shape index (κ3) is 9.85. The van der Waals surface area contributed by atoms with Gasteiger partial charge in [0.15, 0.2) is 0 Å². The van der Waals surface area contributed by atoms with Gasteiger partial charge in [-0.3, -0.25) is 9.59 Å². The molecule has 0 aliphatic heterocycles. The number of amides is 2. The minimum Gasteiger partial charge on any atom is -0.390 e. The molecule has 0 aliphatic rings. The fraction of sp³-hybridized carbons (Fsp3) is 0.343. The summed E-state index contributed by atoms with van der Waals surface area (Å²) in [6.45, 7) is 7.67. The van der Waals surface area contributed by atoms with Crippen LogP contribution >= 0.6 is 11.3 Å². The predicted octanol–water partition coefficient (Wildman–Crippen LogP) is 5.41. The zero-order valence-electron chi connectivity index (χ0n) is 25.4. The minimum atomic E-state index is -0.833. The lowest BCUT2D eigenvalue weighted by atomic mass is 9.99. The molecule has 0 unspecified atom stereocenters. The molecule has 0 fully saturated rings. The van der Waals surface area contributed by atoms with Crippen molar-refractivity contribution in [3.8, 4) is 0 Å². The number of carbonyl (C=O) groups is 2. The molecule has 4 rings (SSSR count). The molecule has 2 amide bonds. The van der Waals surface area contributed by atoms with Crippen molar-refractivity contribution in [1.29, 1.82) is 0 Å². The topological polar surface area (TPSA) is 94.6 Å². The molecule has 3 aromatic carbocycles. The SMILES string of the molecule is Cc1csc(CN(C)C(=O)c2cccc(C(=O)N[C@@H](Cc3ccccc3)[C@H](O)CNCc3cccc(CC(C)C)c3)c2)n1. The minimum absolute atomic E-state index is 0.190. The van der Waals surface area contributed by atoms with Gasteiger partial charge in [0, 0.05) is 42.3 Å². The van der Waals surface area contributed by atoms with Gasteiger partial charge in [-0.1, -0.05) is 74.5 Å². The Morgan fingerprint density at radius 3 is 2.33 bits per heavy atom. The van der Waals surface area contributed by atoms with Gasteiger partial charge in [0.25, 0.3) is 11.8 Å². The van der Waals surface area contributed by atoms with Gasteiger partial charge in [-0.25, -0.2) is 4.98 Å². The Labute approximate surface area is 259 Å². The maximum absolute atomic E-state index is 13.4. The normalized spacial score (nSPS) is 12.6. The summed E-state index contributed by atoms with van der Waals surface area (Å²) in [5, 5.41) is 20.4. The number of aliphatic hydroxyl groups excluding tert-OH is 1. The number of thiazole rings is 1. The summed E-state index contributed by atoms with van der Waals surface area (Å²) < 4.78 is 0. The molecule has 226 valence electrons. The number of rotatable bonds is 14. The second-order valence-electron chi connectivity index (χ2n) is 11.5. The van der Waals surface area contributed by atoms with Crippen LogP contribution in [0.15, 0.2) is 84.2 Å². The van der Waals surface area contributed by atoms with Gasteiger partial charge >= 0.3 is 0 Å². The van der Waals surface area contributed by atoms with Crippen LogP contribution in [-0.4, -0.2) is 52.5 Å². The van der Waals surface area contributed by atoms with Crippen LogP contribution in [0.2, 0.25) is 0 Å². The average molecular weight is 599 g/mol. The van der Waals surface area contributed by atoms with Crippen LogP contribution in [0.3, 0.4) is 0 Å². The number of nitrogens with zero attached hydrogens (tertiary/aromatic N) is 2. The highest BCUT2D eigenvalue weighted by Gasteiger charge is 2.23. The van der Waals surface area contributed by atoms with E-state index >= 15 is 0 Å². The fourth-order valence-corrected chi connectivity index (χ4v) is 5.84. The molecule has 0 saturated heterocycles. The maximum Gasteiger partial charge on any atom is 0.253 e. The summed E-state index contributed by atoms with van der Waals surface area (Å²) in [4.78, 5) is 32.6. The number of aromatic nitrogens is 1. The van der Waals surface area contributed by atoms with E-state index < -0.39 is 12.1 Å². The van der Waals surface area contributed by atoms with E-state index in [9.17, 15) is 14.7 Å². The molecule has 8 heteroatoms. The molecule has 1 heterocycles. The number of benzene rings is 3. The standard InChI is InChI=1S/C35H42N4O3S/c1-24(2)16-27-12-8-13-28(17-27)20-36-21-32(40)31(18-26-10-6-5-7-11-26)38-34(41)29-14-9-15-30(19-29)35(42)39(4)22-33-37-25(3)23-43-33/h5-15,17,19,23-24,31-32,36,40H,16,18,20-22H2,1-4H3,(H,38,41)/t31-,32+/m0/s1. The third-order valence-electron chi connectivity index (χ3n) is 7.15. The number of hydrogen-bond donors (Lipinski definition) is 3. The van der Waals surface area contributed by atoms with E-state index in [0.717, 1.165) is 28.2 Å². The molecular weight excluding hydrogens is 556 g/mol. The van der Waals surface area contributed by atoms with E-state index in [1.54, 1.807) is 36.2 Å². The Morgan fingerprint density at radius 2 is 1.60 bits per heavy atom. The summed E-state index contributed by atoms with van der Waals surface area (Å²) in [5.41, 5.74) is 5.18. The van der Waals surface area contributed by atoms with Crippen molar-refractivity contribution in [1.82, 2.24) is 20.5 Å². The zero-order chi connectivity index (χ0) is 30.8. The van der Waals surface area contributed by atoms with Crippen LogP contribution < -0.4 is 10.6 Å². The van der Waals surface area contributed by atoms with Gasteiger partial charge in [0.1, 0.15) is 5.01 Å². The van der Waals surface area contributed by atoms with Crippen molar-refractivity contribution in [2.45, 2.75) is 58.8 Å². The highest BCUT2D eigenvalue weighted by molar-refractivity contribution is 7.09. The number of nitrogens with one attached hydrogen (secondary N) is 2. The molecule has 43 heavy (non-hydrogen) atoms. The Bertz CT molecular complexity index is 1490. The van der Waals surface area contributed by atoms with Crippen molar-refractivity contribution in [2.75, 3.05) is 13.6 Å². The van der Waals surface area contributed by atoms with Gasteiger partial charge in [0.2, 0.25) is 0 Å². The molecule has 2 atom stereocenters. The van der Waals surface area contributed by atoms with Crippen molar-refractivity contribution in [3.63, 3.8) is 0 Å². The molecule has 0 spiro atoms.